The zero-order valence-corrected chi connectivity index (χ0v) is 22.1. The second-order valence-electron chi connectivity index (χ2n) is 9.14. The van der Waals surface area contributed by atoms with Gasteiger partial charge in [0, 0.05) is 44.5 Å². The number of hydrogen-bond acceptors (Lipinski definition) is 6. The molecule has 0 aliphatic rings. The van der Waals surface area contributed by atoms with Gasteiger partial charge in [-0.05, 0) is 47.7 Å². The summed E-state index contributed by atoms with van der Waals surface area (Å²) in [5.41, 5.74) is 8.12. The Morgan fingerprint density at radius 3 is 2.26 bits per heavy atom. The van der Waals surface area contributed by atoms with Crippen molar-refractivity contribution in [3.8, 4) is 5.75 Å². The molecular weight excluding hydrogens is 465 g/mol. The van der Waals surface area contributed by atoms with Crippen LogP contribution in [0.5, 0.6) is 5.75 Å². The van der Waals surface area contributed by atoms with Crippen LogP contribution in [0.3, 0.4) is 0 Å². The summed E-state index contributed by atoms with van der Waals surface area (Å²) >= 11 is 0. The van der Waals surface area contributed by atoms with Crippen LogP contribution in [0, 0.1) is 11.8 Å². The van der Waals surface area contributed by atoms with E-state index >= 15 is 0 Å². The van der Waals surface area contributed by atoms with Crippen LogP contribution in [0.4, 0.5) is 5.69 Å². The Bertz CT molecular complexity index is 1030. The van der Waals surface area contributed by atoms with E-state index in [1.165, 1.54) is 14.2 Å². The first-order valence-corrected chi connectivity index (χ1v) is 13.7. The lowest BCUT2D eigenvalue weighted by Crippen LogP contribution is -2.49. The first-order valence-electron chi connectivity index (χ1n) is 11.7. The molecule has 2 aromatic rings. The highest BCUT2D eigenvalue weighted by Crippen LogP contribution is 2.51. The number of carbonyl (C=O) groups is 2. The predicted octanol–water partition coefficient (Wildman–Crippen LogP) is 3.84. The molecule has 0 radical (unpaired) electrons. The molecule has 3 atom stereocenters. The molecule has 0 heterocycles. The Morgan fingerprint density at radius 2 is 1.71 bits per heavy atom. The second kappa shape index (κ2) is 13.3. The highest BCUT2D eigenvalue weighted by Gasteiger charge is 2.33. The summed E-state index contributed by atoms with van der Waals surface area (Å²) in [5, 5.41) is 5.51. The molecule has 0 fully saturated rings. The smallest absolute Gasteiger partial charge is 0.242 e. The number of anilines is 1. The molecule has 0 bridgehead atoms. The van der Waals surface area contributed by atoms with E-state index in [1.54, 1.807) is 25.3 Å². The fourth-order valence-electron chi connectivity index (χ4n) is 4.01. The van der Waals surface area contributed by atoms with Crippen LogP contribution >= 0.6 is 7.37 Å². The van der Waals surface area contributed by atoms with Crippen LogP contribution in [-0.4, -0.2) is 45.3 Å². The summed E-state index contributed by atoms with van der Waals surface area (Å²) < 4.78 is 24.3. The van der Waals surface area contributed by atoms with Crippen molar-refractivity contribution in [1.82, 2.24) is 10.6 Å². The number of benzene rings is 2. The van der Waals surface area contributed by atoms with Crippen molar-refractivity contribution in [3.63, 3.8) is 0 Å². The highest BCUT2D eigenvalue weighted by atomic mass is 31.2. The van der Waals surface area contributed by atoms with Gasteiger partial charge in [-0.3, -0.25) is 14.2 Å². The molecule has 0 saturated carbocycles. The van der Waals surface area contributed by atoms with Crippen molar-refractivity contribution < 1.29 is 23.4 Å². The molecule has 2 aromatic carbocycles. The monoisotopic (exact) mass is 503 g/mol. The molecule has 0 aromatic heterocycles. The lowest BCUT2D eigenvalue weighted by molar-refractivity contribution is -0.130. The van der Waals surface area contributed by atoms with E-state index in [1.807, 2.05) is 44.2 Å². The molecule has 35 heavy (non-hydrogen) atoms. The Morgan fingerprint density at radius 1 is 1.03 bits per heavy atom. The number of methoxy groups -OCH3 is 1. The molecule has 2 rings (SSSR count). The number of nitrogen functional groups attached to an aromatic ring is 1. The predicted molar refractivity (Wildman–Crippen MR) is 140 cm³/mol. The molecule has 192 valence electrons. The van der Waals surface area contributed by atoms with Crippen LogP contribution < -0.4 is 21.1 Å². The van der Waals surface area contributed by atoms with Crippen molar-refractivity contribution in [3.05, 3.63) is 59.7 Å². The Balaban J connectivity index is 2.21. The summed E-state index contributed by atoms with van der Waals surface area (Å²) in [6.07, 6.45) is 1.08. The number of nitrogens with one attached hydrogen (secondary N) is 2. The van der Waals surface area contributed by atoms with E-state index < -0.39 is 19.3 Å². The molecule has 0 spiro atoms. The second-order valence-corrected chi connectivity index (χ2v) is 11.8. The van der Waals surface area contributed by atoms with Crippen molar-refractivity contribution in [2.45, 2.75) is 38.9 Å². The van der Waals surface area contributed by atoms with E-state index in [0.717, 1.165) is 11.1 Å². The molecule has 4 N–H and O–H groups in total. The zero-order valence-electron chi connectivity index (χ0n) is 21.2. The van der Waals surface area contributed by atoms with E-state index in [2.05, 4.69) is 10.6 Å². The number of hydrogen-bond donors (Lipinski definition) is 3. The summed E-state index contributed by atoms with van der Waals surface area (Å²) in [4.78, 5) is 26.0. The van der Waals surface area contributed by atoms with Gasteiger partial charge in [0.2, 0.25) is 19.2 Å². The fourth-order valence-corrected chi connectivity index (χ4v) is 6.16. The average molecular weight is 504 g/mol. The van der Waals surface area contributed by atoms with Crippen molar-refractivity contribution in [2.75, 3.05) is 33.2 Å². The summed E-state index contributed by atoms with van der Waals surface area (Å²) in [6.45, 7) is 4.01. The van der Waals surface area contributed by atoms with Gasteiger partial charge in [0.25, 0.3) is 0 Å². The van der Waals surface area contributed by atoms with Gasteiger partial charge < -0.3 is 25.6 Å². The van der Waals surface area contributed by atoms with Crippen LogP contribution in [0.2, 0.25) is 0 Å². The van der Waals surface area contributed by atoms with Gasteiger partial charge in [0.1, 0.15) is 11.8 Å². The van der Waals surface area contributed by atoms with E-state index in [-0.39, 0.29) is 30.1 Å². The fraction of sp³-hybridized carbons (Fsp3) is 0.462. The van der Waals surface area contributed by atoms with Gasteiger partial charge in [0.05, 0.1) is 7.11 Å². The third kappa shape index (κ3) is 9.04. The number of nitrogens with two attached hydrogens (primary N) is 1. The van der Waals surface area contributed by atoms with Gasteiger partial charge in [-0.25, -0.2) is 0 Å². The molecule has 2 amide bonds. The number of likely N-dealkylation sites (N-methyl/N-ethyl adjacent to an activating group) is 1. The topological polar surface area (TPSA) is 120 Å². The van der Waals surface area contributed by atoms with Gasteiger partial charge in [-0.1, -0.05) is 38.1 Å². The van der Waals surface area contributed by atoms with Crippen molar-refractivity contribution in [2.24, 2.45) is 11.8 Å². The number of amides is 2. The first kappa shape index (κ1) is 28.4. The van der Waals surface area contributed by atoms with Crippen LogP contribution in [-0.2, 0) is 31.3 Å². The highest BCUT2D eigenvalue weighted by molar-refractivity contribution is 7.58. The SMILES string of the molecule is CNC(=O)C(Cc1ccc(OC)cc1)NC(=O)C(CC(C)C)CP(=O)(Cc1cccc(N)c1)OC. The minimum atomic E-state index is -3.19. The lowest BCUT2D eigenvalue weighted by atomic mass is 9.97. The van der Waals surface area contributed by atoms with Crippen LogP contribution in [0.15, 0.2) is 48.5 Å². The maximum absolute atomic E-state index is 13.7. The molecule has 9 heteroatoms. The van der Waals surface area contributed by atoms with Crippen LogP contribution in [0.25, 0.3) is 0 Å². The minimum Gasteiger partial charge on any atom is -0.497 e. The number of rotatable bonds is 13. The largest absolute Gasteiger partial charge is 0.497 e. The Labute approximate surface area is 208 Å². The molecule has 0 aliphatic heterocycles. The molecule has 0 saturated heterocycles. The summed E-state index contributed by atoms with van der Waals surface area (Å²) in [7, 11) is 1.34. The van der Waals surface area contributed by atoms with Crippen LogP contribution in [0.1, 0.15) is 31.4 Å². The zero-order chi connectivity index (χ0) is 26.0. The summed E-state index contributed by atoms with van der Waals surface area (Å²) in [5.74, 6) is -0.298. The molecule has 8 nitrogen and oxygen atoms in total. The van der Waals surface area contributed by atoms with Gasteiger partial charge in [0.15, 0.2) is 0 Å². The lowest BCUT2D eigenvalue weighted by Gasteiger charge is -2.26. The van der Waals surface area contributed by atoms with Gasteiger partial charge >= 0.3 is 0 Å². The maximum Gasteiger partial charge on any atom is 0.242 e. The van der Waals surface area contributed by atoms with Gasteiger partial charge in [-0.15, -0.1) is 0 Å². The first-order chi connectivity index (χ1) is 16.6. The molecule has 0 aliphatic carbocycles. The van der Waals surface area contributed by atoms with E-state index in [4.69, 9.17) is 15.0 Å². The standard InChI is InChI=1S/C26H38N3O5P/c1-18(2)13-21(17-35(32,34-5)16-20-7-6-8-22(27)14-20)25(30)29-24(26(31)28-3)15-19-9-11-23(33-4)12-10-19/h6-12,14,18,21,24H,13,15-17,27H2,1-5H3,(H,28,31)(H,29,30). The number of carbonyl (C=O) groups excluding carboxylic acids is 2. The normalized spacial score (nSPS) is 14.6. The van der Waals surface area contributed by atoms with E-state index in [0.29, 0.717) is 24.3 Å². The Hall–Kier alpha value is -2.83. The van der Waals surface area contributed by atoms with Crippen molar-refractivity contribution in [1.29, 1.82) is 0 Å². The quantitative estimate of drug-likeness (QED) is 0.282. The Kier molecular flexibility index (Phi) is 10.8. The number of ether oxygens (including phenoxy) is 1. The van der Waals surface area contributed by atoms with E-state index in [9.17, 15) is 14.2 Å². The molecule has 3 unspecified atom stereocenters. The third-order valence-electron chi connectivity index (χ3n) is 5.81. The maximum atomic E-state index is 13.7. The summed E-state index contributed by atoms with van der Waals surface area (Å²) in [6, 6.07) is 13.7. The third-order valence-corrected chi connectivity index (χ3v) is 8.32. The van der Waals surface area contributed by atoms with Crippen molar-refractivity contribution >= 4 is 24.9 Å². The average Bonchev–Trinajstić information content (AvgIpc) is 2.82. The minimum absolute atomic E-state index is 0.0747. The van der Waals surface area contributed by atoms with Gasteiger partial charge in [-0.2, -0.15) is 0 Å². The molecular formula is C26H38N3O5P.